The highest BCUT2D eigenvalue weighted by atomic mass is 79.9. The summed E-state index contributed by atoms with van der Waals surface area (Å²) in [6.45, 7) is 0. The monoisotopic (exact) mass is 349 g/mol. The van der Waals surface area contributed by atoms with Gasteiger partial charge in [-0.05, 0) is 30.3 Å². The second-order valence-corrected chi connectivity index (χ2v) is 5.71. The molecule has 0 aliphatic carbocycles. The molecule has 100 valence electrons. The predicted molar refractivity (Wildman–Crippen MR) is 83.5 cm³/mol. The van der Waals surface area contributed by atoms with Crippen LogP contribution in [-0.4, -0.2) is 15.8 Å². The molecule has 0 radical (unpaired) electrons. The normalized spacial score (nSPS) is 10.9. The van der Waals surface area contributed by atoms with Crippen LogP contribution in [0.5, 0.6) is 0 Å². The number of carbonyl (C=O) groups is 1. The number of aromatic nitrogens is 1. The van der Waals surface area contributed by atoms with Gasteiger partial charge in [-0.2, -0.15) is 0 Å². The van der Waals surface area contributed by atoms with E-state index in [9.17, 15) is 9.90 Å². The summed E-state index contributed by atoms with van der Waals surface area (Å²) < 4.78 is 2.11. The van der Waals surface area contributed by atoms with Crippen molar-refractivity contribution in [1.29, 1.82) is 0 Å². The van der Waals surface area contributed by atoms with Gasteiger partial charge in [-0.3, -0.25) is 0 Å². The highest BCUT2D eigenvalue weighted by Crippen LogP contribution is 2.31. The van der Waals surface area contributed by atoms with Crippen LogP contribution in [0.15, 0.2) is 53.0 Å². The molecule has 20 heavy (non-hydrogen) atoms. The number of fused-ring (bicyclic) bond motifs is 1. The van der Waals surface area contributed by atoms with Crippen LogP contribution < -0.4 is 0 Å². The van der Waals surface area contributed by atoms with E-state index in [0.29, 0.717) is 16.2 Å². The van der Waals surface area contributed by atoms with Gasteiger partial charge in [-0.1, -0.05) is 45.7 Å². The predicted octanol–water partition coefficient (Wildman–Crippen LogP) is 5.25. The molecule has 0 amide bonds. The molecule has 0 atom stereocenters. The van der Waals surface area contributed by atoms with Crippen molar-refractivity contribution in [3.63, 3.8) is 0 Å². The van der Waals surface area contributed by atoms with Crippen molar-refractivity contribution in [3.05, 3.63) is 58.0 Å². The molecule has 0 aliphatic rings. The van der Waals surface area contributed by atoms with Gasteiger partial charge in [0.05, 0.1) is 11.2 Å². The molecule has 0 unspecified atom stereocenters. The minimum atomic E-state index is -1.02. The molecule has 0 fully saturated rings. The summed E-state index contributed by atoms with van der Waals surface area (Å²) in [5.74, 6) is 0. The lowest BCUT2D eigenvalue weighted by atomic mass is 10.1. The number of hydrogen-bond donors (Lipinski definition) is 1. The second kappa shape index (κ2) is 4.96. The van der Waals surface area contributed by atoms with Crippen LogP contribution >= 0.6 is 27.5 Å². The van der Waals surface area contributed by atoms with Crippen molar-refractivity contribution >= 4 is 44.5 Å². The van der Waals surface area contributed by atoms with Crippen LogP contribution in [0.25, 0.3) is 22.2 Å². The van der Waals surface area contributed by atoms with Crippen molar-refractivity contribution in [2.75, 3.05) is 0 Å². The fraction of sp³-hybridized carbons (Fsp3) is 0. The first-order chi connectivity index (χ1) is 9.56. The quantitative estimate of drug-likeness (QED) is 0.651. The molecule has 3 rings (SSSR count). The van der Waals surface area contributed by atoms with Gasteiger partial charge in [0, 0.05) is 20.4 Å². The van der Waals surface area contributed by atoms with Crippen LogP contribution in [0, 0.1) is 0 Å². The van der Waals surface area contributed by atoms with Crippen molar-refractivity contribution in [1.82, 2.24) is 4.57 Å². The zero-order valence-electron chi connectivity index (χ0n) is 10.2. The first-order valence-electron chi connectivity index (χ1n) is 5.86. The standard InChI is InChI=1S/C15H9BrClNO2/c16-11-5-4-10-7-13(9-2-1-3-12(17)6-9)18(15(19)20)14(10)8-11/h1-8H,(H,19,20). The summed E-state index contributed by atoms with van der Waals surface area (Å²) in [4.78, 5) is 11.6. The number of hydrogen-bond acceptors (Lipinski definition) is 1. The maximum Gasteiger partial charge on any atom is 0.416 e. The largest absolute Gasteiger partial charge is 0.464 e. The minimum absolute atomic E-state index is 0.575. The summed E-state index contributed by atoms with van der Waals surface area (Å²) in [7, 11) is 0. The molecule has 3 nitrogen and oxygen atoms in total. The highest BCUT2D eigenvalue weighted by molar-refractivity contribution is 9.10. The number of rotatable bonds is 1. The van der Waals surface area contributed by atoms with E-state index in [1.54, 1.807) is 24.3 Å². The lowest BCUT2D eigenvalue weighted by Gasteiger charge is -2.06. The van der Waals surface area contributed by atoms with E-state index in [0.717, 1.165) is 15.4 Å². The van der Waals surface area contributed by atoms with Crippen LogP contribution in [0.2, 0.25) is 5.02 Å². The van der Waals surface area contributed by atoms with Crippen molar-refractivity contribution in [2.24, 2.45) is 0 Å². The molecule has 5 heteroatoms. The van der Waals surface area contributed by atoms with Crippen LogP contribution in [-0.2, 0) is 0 Å². The topological polar surface area (TPSA) is 42.2 Å². The average Bonchev–Trinajstić information content (AvgIpc) is 2.77. The third kappa shape index (κ3) is 2.21. The molecule has 0 spiro atoms. The Bertz CT molecular complexity index is 826. The Morgan fingerprint density at radius 1 is 1.15 bits per heavy atom. The lowest BCUT2D eigenvalue weighted by molar-refractivity contribution is 0.198. The Labute approximate surface area is 128 Å². The van der Waals surface area contributed by atoms with Gasteiger partial charge in [0.25, 0.3) is 0 Å². The van der Waals surface area contributed by atoms with Gasteiger partial charge < -0.3 is 5.11 Å². The molecule has 2 aromatic carbocycles. The van der Waals surface area contributed by atoms with E-state index in [1.807, 2.05) is 24.3 Å². The summed E-state index contributed by atoms with van der Waals surface area (Å²) in [5.41, 5.74) is 2.02. The molecular weight excluding hydrogens is 342 g/mol. The molecule has 0 bridgehead atoms. The first kappa shape index (κ1) is 13.2. The van der Waals surface area contributed by atoms with E-state index in [4.69, 9.17) is 11.6 Å². The van der Waals surface area contributed by atoms with Gasteiger partial charge >= 0.3 is 6.09 Å². The van der Waals surface area contributed by atoms with Gasteiger partial charge in [0.2, 0.25) is 0 Å². The summed E-state index contributed by atoms with van der Waals surface area (Å²) in [6.07, 6.45) is -1.02. The maximum atomic E-state index is 11.6. The molecule has 3 aromatic rings. The van der Waals surface area contributed by atoms with E-state index in [1.165, 1.54) is 4.57 Å². The summed E-state index contributed by atoms with van der Waals surface area (Å²) in [5, 5.41) is 10.9. The molecule has 0 aliphatic heterocycles. The zero-order chi connectivity index (χ0) is 14.3. The van der Waals surface area contributed by atoms with Crippen molar-refractivity contribution < 1.29 is 9.90 Å². The molecular formula is C15H9BrClNO2. The molecule has 0 saturated heterocycles. The molecule has 1 heterocycles. The average molecular weight is 351 g/mol. The van der Waals surface area contributed by atoms with E-state index in [2.05, 4.69) is 15.9 Å². The number of carboxylic acid groups (broad SMARTS) is 1. The Balaban J connectivity index is 2.35. The fourth-order valence-corrected chi connectivity index (χ4v) is 2.78. The maximum absolute atomic E-state index is 11.6. The Kier molecular flexibility index (Phi) is 3.28. The SMILES string of the molecule is O=C(O)n1c(-c2cccc(Cl)c2)cc2ccc(Br)cc21. The van der Waals surface area contributed by atoms with Crippen LogP contribution in [0.4, 0.5) is 4.79 Å². The van der Waals surface area contributed by atoms with E-state index < -0.39 is 6.09 Å². The zero-order valence-corrected chi connectivity index (χ0v) is 12.5. The van der Waals surface area contributed by atoms with E-state index >= 15 is 0 Å². The van der Waals surface area contributed by atoms with Gasteiger partial charge in [0.15, 0.2) is 0 Å². The van der Waals surface area contributed by atoms with Gasteiger partial charge in [-0.15, -0.1) is 0 Å². The summed E-state index contributed by atoms with van der Waals surface area (Å²) >= 11 is 9.35. The summed E-state index contributed by atoms with van der Waals surface area (Å²) in [6, 6.07) is 14.6. The third-order valence-corrected chi connectivity index (χ3v) is 3.81. The molecule has 1 N–H and O–H groups in total. The minimum Gasteiger partial charge on any atom is -0.464 e. The lowest BCUT2D eigenvalue weighted by Crippen LogP contribution is -2.08. The first-order valence-corrected chi connectivity index (χ1v) is 7.03. The van der Waals surface area contributed by atoms with E-state index in [-0.39, 0.29) is 0 Å². The highest BCUT2D eigenvalue weighted by Gasteiger charge is 2.16. The third-order valence-electron chi connectivity index (χ3n) is 3.08. The smallest absolute Gasteiger partial charge is 0.416 e. The van der Waals surface area contributed by atoms with Crippen molar-refractivity contribution in [2.45, 2.75) is 0 Å². The van der Waals surface area contributed by atoms with Crippen LogP contribution in [0.3, 0.4) is 0 Å². The number of benzene rings is 2. The second-order valence-electron chi connectivity index (χ2n) is 4.36. The van der Waals surface area contributed by atoms with Gasteiger partial charge in [0.1, 0.15) is 0 Å². The Hall–Kier alpha value is -1.78. The Morgan fingerprint density at radius 3 is 2.65 bits per heavy atom. The molecule has 1 aromatic heterocycles. The fourth-order valence-electron chi connectivity index (χ4n) is 2.24. The van der Waals surface area contributed by atoms with Crippen molar-refractivity contribution in [3.8, 4) is 11.3 Å². The molecule has 0 saturated carbocycles. The Morgan fingerprint density at radius 2 is 1.95 bits per heavy atom. The van der Waals surface area contributed by atoms with Gasteiger partial charge in [-0.25, -0.2) is 9.36 Å². The van der Waals surface area contributed by atoms with Crippen LogP contribution in [0.1, 0.15) is 0 Å². The number of nitrogens with zero attached hydrogens (tertiary/aromatic N) is 1. The number of halogens is 2.